The average Bonchev–Trinajstić information content (AvgIpc) is 3.35. The van der Waals surface area contributed by atoms with Gasteiger partial charge in [-0.05, 0) is 54.8 Å². The molecule has 1 amide bonds. The molecule has 0 aliphatic rings. The summed E-state index contributed by atoms with van der Waals surface area (Å²) in [6.07, 6.45) is 0.310. The molecule has 8 heteroatoms. The first-order valence-corrected chi connectivity index (χ1v) is 13.3. The number of para-hydroxylation sites is 1. The maximum atomic E-state index is 12.5. The van der Waals surface area contributed by atoms with Crippen LogP contribution in [0.15, 0.2) is 102 Å². The van der Waals surface area contributed by atoms with Crippen LogP contribution in [0, 0.1) is 0 Å². The fraction of sp³-hybridized carbons (Fsp3) is 0.133. The molecule has 0 radical (unpaired) electrons. The number of Topliss-reactive ketones (excluding diaryl/α,β-unsaturated/α-hetero) is 1. The highest BCUT2D eigenvalue weighted by atomic mass is 32.2. The van der Waals surface area contributed by atoms with Gasteiger partial charge in [0.15, 0.2) is 16.8 Å². The molecule has 5 aromatic rings. The Kier molecular flexibility index (Phi) is 7.80. The highest BCUT2D eigenvalue weighted by Crippen LogP contribution is 2.26. The lowest BCUT2D eigenvalue weighted by atomic mass is 10.1. The van der Waals surface area contributed by atoms with E-state index >= 15 is 0 Å². The Hall–Kier alpha value is -4.43. The van der Waals surface area contributed by atoms with Gasteiger partial charge in [-0.25, -0.2) is 0 Å². The molecular formula is C30H27N5O2S. The summed E-state index contributed by atoms with van der Waals surface area (Å²) in [5.41, 5.74) is 3.28. The van der Waals surface area contributed by atoms with Crippen molar-refractivity contribution in [1.82, 2.24) is 14.8 Å². The van der Waals surface area contributed by atoms with Gasteiger partial charge in [-0.1, -0.05) is 66.4 Å². The number of carbonyl (C=O) groups is 2. The summed E-state index contributed by atoms with van der Waals surface area (Å²) in [7, 11) is 0. The molecule has 0 unspecified atom stereocenters. The van der Waals surface area contributed by atoms with E-state index in [9.17, 15) is 9.59 Å². The molecule has 1 aromatic heterocycles. The molecule has 2 N–H and O–H groups in total. The molecular weight excluding hydrogens is 494 g/mol. The second kappa shape index (κ2) is 11.7. The standard InChI is InChI=1S/C30H27N5O2S/c1-21(36)22-14-16-24(17-15-22)32-29(37)18-19-38-30-34-33-28(35(30)25-10-3-2-4-11-25)20-31-27-13-7-9-23-8-5-6-12-26(23)27/h2-17,31H,18-20H2,1H3,(H,32,37). The van der Waals surface area contributed by atoms with Crippen molar-refractivity contribution >= 4 is 45.6 Å². The molecule has 5 rings (SSSR count). The maximum Gasteiger partial charge on any atom is 0.225 e. The lowest BCUT2D eigenvalue weighted by Crippen LogP contribution is -2.12. The first-order chi connectivity index (χ1) is 18.6. The fourth-order valence-corrected chi connectivity index (χ4v) is 5.05. The second-order valence-corrected chi connectivity index (χ2v) is 9.79. The average molecular weight is 522 g/mol. The van der Waals surface area contributed by atoms with Crippen molar-refractivity contribution < 1.29 is 9.59 Å². The van der Waals surface area contributed by atoms with Crippen LogP contribution in [0.3, 0.4) is 0 Å². The van der Waals surface area contributed by atoms with E-state index in [-0.39, 0.29) is 11.7 Å². The van der Waals surface area contributed by atoms with E-state index in [2.05, 4.69) is 45.1 Å². The van der Waals surface area contributed by atoms with Gasteiger partial charge < -0.3 is 10.6 Å². The van der Waals surface area contributed by atoms with Crippen molar-refractivity contribution in [3.8, 4) is 5.69 Å². The summed E-state index contributed by atoms with van der Waals surface area (Å²) in [4.78, 5) is 23.9. The lowest BCUT2D eigenvalue weighted by Gasteiger charge is -2.13. The minimum Gasteiger partial charge on any atom is -0.377 e. The minimum atomic E-state index is -0.100. The SMILES string of the molecule is CC(=O)c1ccc(NC(=O)CCSc2nnc(CNc3cccc4ccccc34)n2-c2ccccc2)cc1. The van der Waals surface area contributed by atoms with Gasteiger partial charge in [0.05, 0.1) is 6.54 Å². The van der Waals surface area contributed by atoms with Gasteiger partial charge in [0.2, 0.25) is 5.91 Å². The number of nitrogens with one attached hydrogen (secondary N) is 2. The number of amides is 1. The van der Waals surface area contributed by atoms with Crippen LogP contribution in [0.25, 0.3) is 16.5 Å². The van der Waals surface area contributed by atoms with Crippen molar-refractivity contribution in [2.24, 2.45) is 0 Å². The number of benzene rings is 4. The van der Waals surface area contributed by atoms with Gasteiger partial charge >= 0.3 is 0 Å². The number of thioether (sulfide) groups is 1. The Bertz CT molecular complexity index is 1560. The molecule has 38 heavy (non-hydrogen) atoms. The molecule has 0 fully saturated rings. The van der Waals surface area contributed by atoms with Crippen molar-refractivity contribution in [2.75, 3.05) is 16.4 Å². The molecule has 0 saturated heterocycles. The number of hydrogen-bond acceptors (Lipinski definition) is 6. The van der Waals surface area contributed by atoms with E-state index in [4.69, 9.17) is 0 Å². The number of ketones is 1. The normalized spacial score (nSPS) is 10.9. The van der Waals surface area contributed by atoms with Crippen LogP contribution in [-0.2, 0) is 11.3 Å². The third-order valence-electron chi connectivity index (χ3n) is 6.08. The number of aromatic nitrogens is 3. The quantitative estimate of drug-likeness (QED) is 0.164. The number of carbonyl (C=O) groups excluding carboxylic acids is 2. The van der Waals surface area contributed by atoms with E-state index < -0.39 is 0 Å². The van der Waals surface area contributed by atoms with E-state index in [1.807, 2.05) is 53.1 Å². The molecule has 0 bridgehead atoms. The monoisotopic (exact) mass is 521 g/mol. The number of hydrogen-bond donors (Lipinski definition) is 2. The van der Waals surface area contributed by atoms with Gasteiger partial charge in [0.25, 0.3) is 0 Å². The van der Waals surface area contributed by atoms with Gasteiger partial charge in [-0.15, -0.1) is 10.2 Å². The first-order valence-electron chi connectivity index (χ1n) is 12.3. The number of fused-ring (bicyclic) bond motifs is 1. The van der Waals surface area contributed by atoms with Gasteiger partial charge in [-0.3, -0.25) is 14.2 Å². The Morgan fingerprint density at radius 1 is 0.842 bits per heavy atom. The van der Waals surface area contributed by atoms with Crippen LogP contribution in [-0.4, -0.2) is 32.2 Å². The van der Waals surface area contributed by atoms with Crippen molar-refractivity contribution in [3.05, 3.63) is 108 Å². The highest BCUT2D eigenvalue weighted by molar-refractivity contribution is 7.99. The molecule has 0 saturated carbocycles. The zero-order chi connectivity index (χ0) is 26.3. The maximum absolute atomic E-state index is 12.5. The summed E-state index contributed by atoms with van der Waals surface area (Å²) in [5.74, 6) is 1.21. The van der Waals surface area contributed by atoms with Gasteiger partial charge in [-0.2, -0.15) is 0 Å². The Morgan fingerprint density at radius 2 is 1.58 bits per heavy atom. The molecule has 0 aliphatic heterocycles. The molecule has 0 atom stereocenters. The van der Waals surface area contributed by atoms with Crippen LogP contribution < -0.4 is 10.6 Å². The Labute approximate surface area is 225 Å². The van der Waals surface area contributed by atoms with E-state index in [0.717, 1.165) is 27.7 Å². The minimum absolute atomic E-state index is 0.00602. The zero-order valence-electron chi connectivity index (χ0n) is 20.9. The van der Waals surface area contributed by atoms with Crippen LogP contribution in [0.2, 0.25) is 0 Å². The topological polar surface area (TPSA) is 88.9 Å². The second-order valence-electron chi connectivity index (χ2n) is 8.73. The predicted octanol–water partition coefficient (Wildman–Crippen LogP) is 6.36. The van der Waals surface area contributed by atoms with Crippen LogP contribution >= 0.6 is 11.8 Å². The van der Waals surface area contributed by atoms with Crippen molar-refractivity contribution in [1.29, 1.82) is 0 Å². The largest absolute Gasteiger partial charge is 0.377 e. The first kappa shape index (κ1) is 25.2. The molecule has 4 aromatic carbocycles. The van der Waals surface area contributed by atoms with Crippen LogP contribution in [0.4, 0.5) is 11.4 Å². The zero-order valence-corrected chi connectivity index (χ0v) is 21.7. The summed E-state index contributed by atoms with van der Waals surface area (Å²) in [6, 6.07) is 31.3. The third-order valence-corrected chi connectivity index (χ3v) is 7.01. The van der Waals surface area contributed by atoms with E-state index in [0.29, 0.717) is 30.0 Å². The molecule has 1 heterocycles. The summed E-state index contributed by atoms with van der Waals surface area (Å²) < 4.78 is 2.03. The van der Waals surface area contributed by atoms with E-state index in [1.54, 1.807) is 24.3 Å². The number of rotatable bonds is 10. The highest BCUT2D eigenvalue weighted by Gasteiger charge is 2.15. The lowest BCUT2D eigenvalue weighted by molar-refractivity contribution is -0.115. The third kappa shape index (κ3) is 5.92. The predicted molar refractivity (Wildman–Crippen MR) is 153 cm³/mol. The van der Waals surface area contributed by atoms with Gasteiger partial charge in [0.1, 0.15) is 0 Å². The smallest absolute Gasteiger partial charge is 0.225 e. The number of anilines is 2. The molecule has 190 valence electrons. The Morgan fingerprint density at radius 3 is 2.37 bits per heavy atom. The van der Waals surface area contributed by atoms with Gasteiger partial charge in [0, 0.05) is 40.2 Å². The number of nitrogens with zero attached hydrogens (tertiary/aromatic N) is 3. The van der Waals surface area contributed by atoms with Crippen molar-refractivity contribution in [2.45, 2.75) is 25.0 Å². The van der Waals surface area contributed by atoms with Crippen LogP contribution in [0.5, 0.6) is 0 Å². The van der Waals surface area contributed by atoms with Crippen LogP contribution in [0.1, 0.15) is 29.5 Å². The molecule has 0 spiro atoms. The summed E-state index contributed by atoms with van der Waals surface area (Å²) >= 11 is 1.49. The molecule has 7 nitrogen and oxygen atoms in total. The fourth-order valence-electron chi connectivity index (χ4n) is 4.15. The summed E-state index contributed by atoms with van der Waals surface area (Å²) in [5, 5.41) is 18.4. The van der Waals surface area contributed by atoms with Crippen molar-refractivity contribution in [3.63, 3.8) is 0 Å². The van der Waals surface area contributed by atoms with E-state index in [1.165, 1.54) is 24.1 Å². The summed E-state index contributed by atoms with van der Waals surface area (Å²) in [6.45, 7) is 2.01. The molecule has 0 aliphatic carbocycles. The Balaban J connectivity index is 1.27.